The molecule has 0 aromatic rings. The molecular weight excluding hydrogens is 266 g/mol. The third-order valence-corrected chi connectivity index (χ3v) is 4.06. The van der Waals surface area contributed by atoms with Crippen molar-refractivity contribution in [1.29, 1.82) is 5.26 Å². The molecule has 2 saturated heterocycles. The van der Waals surface area contributed by atoms with Gasteiger partial charge in [0.15, 0.2) is 0 Å². The summed E-state index contributed by atoms with van der Waals surface area (Å²) in [4.78, 5) is 16.4. The lowest BCUT2D eigenvalue weighted by Gasteiger charge is -2.35. The summed E-state index contributed by atoms with van der Waals surface area (Å²) in [6.07, 6.45) is 4.14. The summed E-state index contributed by atoms with van der Waals surface area (Å²) >= 11 is 0. The summed E-state index contributed by atoms with van der Waals surface area (Å²) in [7, 11) is 0. The molecule has 0 aliphatic carbocycles. The molecule has 0 bridgehead atoms. The maximum Gasteiger partial charge on any atom is 0.266 e. The molecule has 0 radical (unpaired) electrons. The monoisotopic (exact) mass is 291 g/mol. The van der Waals surface area contributed by atoms with Crippen LogP contribution in [0.5, 0.6) is 0 Å². The van der Waals surface area contributed by atoms with Gasteiger partial charge >= 0.3 is 0 Å². The minimum absolute atomic E-state index is 0.0210. The Balaban J connectivity index is 2.06. The number of rotatable bonds is 2. The minimum atomic E-state index is -0.169. The molecule has 5 heteroatoms. The third kappa shape index (κ3) is 4.21. The van der Waals surface area contributed by atoms with Crippen LogP contribution < -0.4 is 0 Å². The van der Waals surface area contributed by atoms with Gasteiger partial charge in [0.25, 0.3) is 5.91 Å². The number of hydrogen-bond donors (Lipinski definition) is 0. The Hall–Kier alpha value is -1.54. The number of ether oxygens (including phenoxy) is 1. The Morgan fingerprint density at radius 2 is 1.90 bits per heavy atom. The molecule has 2 heterocycles. The average Bonchev–Trinajstić information content (AvgIpc) is 2.43. The second kappa shape index (κ2) is 6.95. The van der Waals surface area contributed by atoms with E-state index in [1.54, 1.807) is 11.1 Å². The van der Waals surface area contributed by atoms with Gasteiger partial charge in [0.1, 0.15) is 11.6 Å². The van der Waals surface area contributed by atoms with Crippen LogP contribution in [0.25, 0.3) is 0 Å². The van der Waals surface area contributed by atoms with Crippen molar-refractivity contribution in [1.82, 2.24) is 9.80 Å². The van der Waals surface area contributed by atoms with E-state index in [1.807, 2.05) is 13.8 Å². The van der Waals surface area contributed by atoms with Crippen LogP contribution in [0.4, 0.5) is 0 Å². The summed E-state index contributed by atoms with van der Waals surface area (Å²) in [5.74, 6) is 0.450. The van der Waals surface area contributed by atoms with Gasteiger partial charge in [-0.2, -0.15) is 5.26 Å². The molecule has 3 atom stereocenters. The van der Waals surface area contributed by atoms with Crippen LogP contribution in [0.15, 0.2) is 11.8 Å². The van der Waals surface area contributed by atoms with Gasteiger partial charge in [-0.15, -0.1) is 0 Å². The quantitative estimate of drug-likeness (QED) is 0.574. The molecule has 3 unspecified atom stereocenters. The summed E-state index contributed by atoms with van der Waals surface area (Å²) in [6, 6.07) is 2.08. The van der Waals surface area contributed by atoms with Gasteiger partial charge in [0.05, 0.1) is 12.2 Å². The fourth-order valence-corrected chi connectivity index (χ4v) is 3.17. The van der Waals surface area contributed by atoms with Crippen LogP contribution in [-0.4, -0.2) is 54.1 Å². The molecule has 0 N–H and O–H groups in total. The SMILES string of the molecule is CC1CCCN(/C=C(/C#N)C(=O)N2CC(C)OC(C)C2)C1. The molecule has 21 heavy (non-hydrogen) atoms. The third-order valence-electron chi connectivity index (χ3n) is 4.06. The molecule has 2 rings (SSSR count). The highest BCUT2D eigenvalue weighted by Gasteiger charge is 2.28. The maximum atomic E-state index is 12.5. The number of carbonyl (C=O) groups excluding carboxylic acids is 1. The highest BCUT2D eigenvalue weighted by molar-refractivity contribution is 5.97. The van der Waals surface area contributed by atoms with Crippen molar-refractivity contribution in [2.24, 2.45) is 5.92 Å². The molecule has 0 aromatic heterocycles. The van der Waals surface area contributed by atoms with Crippen molar-refractivity contribution in [3.63, 3.8) is 0 Å². The first-order chi connectivity index (χ1) is 9.99. The zero-order chi connectivity index (χ0) is 15.4. The smallest absolute Gasteiger partial charge is 0.266 e. The van der Waals surface area contributed by atoms with Gasteiger partial charge in [-0.25, -0.2) is 0 Å². The predicted molar refractivity (Wildman–Crippen MR) is 80.3 cm³/mol. The Labute approximate surface area is 127 Å². The van der Waals surface area contributed by atoms with Crippen molar-refractivity contribution in [2.75, 3.05) is 26.2 Å². The van der Waals surface area contributed by atoms with Crippen LogP contribution in [-0.2, 0) is 9.53 Å². The number of likely N-dealkylation sites (tertiary alicyclic amines) is 1. The number of nitrogens with zero attached hydrogens (tertiary/aromatic N) is 3. The van der Waals surface area contributed by atoms with Crippen LogP contribution in [0, 0.1) is 17.2 Å². The number of amides is 1. The minimum Gasteiger partial charge on any atom is -0.376 e. The van der Waals surface area contributed by atoms with Crippen LogP contribution in [0.2, 0.25) is 0 Å². The van der Waals surface area contributed by atoms with E-state index in [1.165, 1.54) is 6.42 Å². The van der Waals surface area contributed by atoms with Crippen molar-refractivity contribution in [3.05, 3.63) is 11.8 Å². The Bertz CT molecular complexity index is 445. The molecular formula is C16H25N3O2. The zero-order valence-corrected chi connectivity index (χ0v) is 13.2. The maximum absolute atomic E-state index is 12.5. The fraction of sp³-hybridized carbons (Fsp3) is 0.750. The second-order valence-electron chi connectivity index (χ2n) is 6.36. The van der Waals surface area contributed by atoms with E-state index in [9.17, 15) is 10.1 Å². The molecule has 0 spiro atoms. The van der Waals surface area contributed by atoms with Crippen LogP contribution in [0.3, 0.4) is 0 Å². The molecule has 2 aliphatic rings. The van der Waals surface area contributed by atoms with Gasteiger partial charge in [-0.3, -0.25) is 4.79 Å². The number of hydrogen-bond acceptors (Lipinski definition) is 4. The fourth-order valence-electron chi connectivity index (χ4n) is 3.17. The van der Waals surface area contributed by atoms with Crippen molar-refractivity contribution in [2.45, 2.75) is 45.8 Å². The topological polar surface area (TPSA) is 56.6 Å². The Kier molecular flexibility index (Phi) is 5.24. The van der Waals surface area contributed by atoms with E-state index in [4.69, 9.17) is 4.74 Å². The van der Waals surface area contributed by atoms with Gasteiger partial charge in [0.2, 0.25) is 0 Å². The van der Waals surface area contributed by atoms with Crippen molar-refractivity contribution >= 4 is 5.91 Å². The first-order valence-corrected chi connectivity index (χ1v) is 7.80. The largest absolute Gasteiger partial charge is 0.376 e. The van der Waals surface area contributed by atoms with E-state index in [-0.39, 0.29) is 23.7 Å². The first-order valence-electron chi connectivity index (χ1n) is 7.80. The summed E-state index contributed by atoms with van der Waals surface area (Å²) in [5, 5.41) is 9.33. The second-order valence-corrected chi connectivity index (χ2v) is 6.36. The number of morpholine rings is 1. The number of nitriles is 1. The van der Waals surface area contributed by atoms with E-state index in [0.717, 1.165) is 19.5 Å². The van der Waals surface area contributed by atoms with Gasteiger partial charge in [-0.05, 0) is 32.6 Å². The zero-order valence-electron chi connectivity index (χ0n) is 13.2. The van der Waals surface area contributed by atoms with Crippen molar-refractivity contribution in [3.8, 4) is 6.07 Å². The molecule has 2 fully saturated rings. The Morgan fingerprint density at radius 3 is 2.48 bits per heavy atom. The normalized spacial score (nSPS) is 31.0. The number of piperidine rings is 1. The molecule has 5 nitrogen and oxygen atoms in total. The molecule has 116 valence electrons. The lowest BCUT2D eigenvalue weighted by molar-refractivity contribution is -0.138. The predicted octanol–water partition coefficient (Wildman–Crippen LogP) is 1.76. The van der Waals surface area contributed by atoms with E-state index < -0.39 is 0 Å². The Morgan fingerprint density at radius 1 is 1.24 bits per heavy atom. The van der Waals surface area contributed by atoms with E-state index >= 15 is 0 Å². The summed E-state index contributed by atoms with van der Waals surface area (Å²) < 4.78 is 5.64. The van der Waals surface area contributed by atoms with Gasteiger partial charge in [-0.1, -0.05) is 6.92 Å². The molecule has 0 saturated carbocycles. The average molecular weight is 291 g/mol. The standard InChI is InChI=1S/C16H25N3O2/c1-12-5-4-6-18(8-12)11-15(7-17)16(20)19-9-13(2)21-14(3)10-19/h11-14H,4-6,8-10H2,1-3H3/b15-11-. The molecule has 0 aromatic carbocycles. The lowest BCUT2D eigenvalue weighted by Crippen LogP contribution is -2.48. The lowest BCUT2D eigenvalue weighted by atomic mass is 10.0. The van der Waals surface area contributed by atoms with Gasteiger partial charge < -0.3 is 14.5 Å². The summed E-state index contributed by atoms with van der Waals surface area (Å²) in [6.45, 7) is 9.08. The van der Waals surface area contributed by atoms with Crippen LogP contribution >= 0.6 is 0 Å². The van der Waals surface area contributed by atoms with Gasteiger partial charge in [0, 0.05) is 32.4 Å². The van der Waals surface area contributed by atoms with E-state index in [2.05, 4.69) is 17.9 Å². The highest BCUT2D eigenvalue weighted by atomic mass is 16.5. The molecule has 1 amide bonds. The van der Waals surface area contributed by atoms with Crippen LogP contribution in [0.1, 0.15) is 33.6 Å². The number of carbonyl (C=O) groups is 1. The van der Waals surface area contributed by atoms with E-state index in [0.29, 0.717) is 19.0 Å². The molecule has 2 aliphatic heterocycles. The summed E-state index contributed by atoms with van der Waals surface area (Å²) in [5.41, 5.74) is 0.241. The first kappa shape index (κ1) is 15.8. The highest BCUT2D eigenvalue weighted by Crippen LogP contribution is 2.18. The van der Waals surface area contributed by atoms with Crippen molar-refractivity contribution < 1.29 is 9.53 Å².